The lowest BCUT2D eigenvalue weighted by molar-refractivity contribution is -0.130. The summed E-state index contributed by atoms with van der Waals surface area (Å²) < 4.78 is 5.70. The van der Waals surface area contributed by atoms with E-state index in [1.165, 1.54) is 5.56 Å². The maximum absolute atomic E-state index is 11.8. The van der Waals surface area contributed by atoms with Crippen LogP contribution >= 0.6 is 0 Å². The molecule has 0 atom stereocenters. The van der Waals surface area contributed by atoms with Gasteiger partial charge in [-0.3, -0.25) is 14.7 Å². The molecule has 1 amide bonds. The molecule has 0 radical (unpaired) electrons. The highest BCUT2D eigenvalue weighted by molar-refractivity contribution is 5.80. The van der Waals surface area contributed by atoms with Gasteiger partial charge < -0.3 is 20.3 Å². The van der Waals surface area contributed by atoms with Gasteiger partial charge in [-0.15, -0.1) is 0 Å². The Balaban J connectivity index is 1.68. The van der Waals surface area contributed by atoms with Crippen molar-refractivity contribution in [2.45, 2.75) is 32.4 Å². The van der Waals surface area contributed by atoms with Gasteiger partial charge in [-0.25, -0.2) is 0 Å². The lowest BCUT2D eigenvalue weighted by Gasteiger charge is -2.33. The molecule has 1 saturated heterocycles. The summed E-state index contributed by atoms with van der Waals surface area (Å²) >= 11 is 0. The van der Waals surface area contributed by atoms with E-state index in [0.717, 1.165) is 38.4 Å². The van der Waals surface area contributed by atoms with Crippen LogP contribution in [-0.4, -0.2) is 81.1 Å². The molecule has 2 rings (SSSR count). The molecule has 1 aromatic rings. The van der Waals surface area contributed by atoms with Crippen LogP contribution in [0.3, 0.4) is 0 Å². The average molecular weight is 390 g/mol. The van der Waals surface area contributed by atoms with Crippen molar-refractivity contribution in [1.29, 1.82) is 0 Å². The maximum Gasteiger partial charge on any atom is 0.236 e. The molecule has 0 aromatic heterocycles. The topological polar surface area (TPSA) is 69.2 Å². The number of nitrogens with one attached hydrogen (secondary N) is 2. The highest BCUT2D eigenvalue weighted by Crippen LogP contribution is 2.10. The molecule has 1 fully saturated rings. The van der Waals surface area contributed by atoms with Crippen molar-refractivity contribution in [3.63, 3.8) is 0 Å². The van der Waals surface area contributed by atoms with Crippen LogP contribution in [0.4, 0.5) is 0 Å². The quantitative estimate of drug-likeness (QED) is 0.379. The second-order valence-electron chi connectivity index (χ2n) is 7.28. The minimum atomic E-state index is 0.164. The minimum Gasteiger partial charge on any atom is -0.375 e. The molecule has 0 aliphatic carbocycles. The molecule has 1 aliphatic heterocycles. The van der Waals surface area contributed by atoms with Crippen molar-refractivity contribution in [1.82, 2.24) is 20.4 Å². The molecule has 7 nitrogen and oxygen atoms in total. The largest absolute Gasteiger partial charge is 0.375 e. The molecule has 0 unspecified atom stereocenters. The molecule has 0 bridgehead atoms. The minimum absolute atomic E-state index is 0.164. The Hall–Kier alpha value is -2.12. The smallest absolute Gasteiger partial charge is 0.236 e. The molecular formula is C21H35N5O2. The fraction of sp³-hybridized carbons (Fsp3) is 0.619. The van der Waals surface area contributed by atoms with Crippen LogP contribution in [0.25, 0.3) is 0 Å². The van der Waals surface area contributed by atoms with Crippen molar-refractivity contribution in [3.05, 3.63) is 35.9 Å². The number of carbonyl (C=O) groups excluding carboxylic acids is 1. The number of nitrogens with zero attached hydrogens (tertiary/aromatic N) is 3. The third kappa shape index (κ3) is 8.27. The monoisotopic (exact) mass is 389 g/mol. The summed E-state index contributed by atoms with van der Waals surface area (Å²) in [6.45, 7) is 7.09. The predicted molar refractivity (Wildman–Crippen MR) is 113 cm³/mol. The number of likely N-dealkylation sites (N-methyl/N-ethyl adjacent to an activating group) is 1. The number of guanidine groups is 1. The van der Waals surface area contributed by atoms with E-state index in [4.69, 9.17) is 4.74 Å². The van der Waals surface area contributed by atoms with Gasteiger partial charge in [0.1, 0.15) is 0 Å². The third-order valence-electron chi connectivity index (χ3n) is 4.75. The van der Waals surface area contributed by atoms with E-state index in [1.54, 1.807) is 19.0 Å². The number of carbonyl (C=O) groups is 1. The van der Waals surface area contributed by atoms with Crippen LogP contribution in [0.1, 0.15) is 25.3 Å². The normalized spacial score (nSPS) is 16.0. The summed E-state index contributed by atoms with van der Waals surface area (Å²) in [5, 5.41) is 6.83. The standard InChI is InChI=1S/C21H35N5O2/c1-4-22-21(23-12-15-28-17-18-8-6-5-7-9-18)24-19-10-13-26(14-11-19)16-20(27)25(2)3/h5-9,19H,4,10-17H2,1-3H3,(H2,22,23,24). The number of rotatable bonds is 9. The summed E-state index contributed by atoms with van der Waals surface area (Å²) in [4.78, 5) is 20.3. The number of amides is 1. The SMILES string of the molecule is CCNC(=NCCOCc1ccccc1)NC1CCN(CC(=O)N(C)C)CC1. The lowest BCUT2D eigenvalue weighted by Crippen LogP contribution is -2.50. The first-order valence-electron chi connectivity index (χ1n) is 10.2. The van der Waals surface area contributed by atoms with Gasteiger partial charge in [0, 0.05) is 39.8 Å². The van der Waals surface area contributed by atoms with Gasteiger partial charge >= 0.3 is 0 Å². The number of aliphatic imine (C=N–C) groups is 1. The van der Waals surface area contributed by atoms with Crippen molar-refractivity contribution in [3.8, 4) is 0 Å². The van der Waals surface area contributed by atoms with Gasteiger partial charge in [0.15, 0.2) is 5.96 Å². The number of benzene rings is 1. The van der Waals surface area contributed by atoms with E-state index in [2.05, 4.69) is 39.6 Å². The summed E-state index contributed by atoms with van der Waals surface area (Å²) in [7, 11) is 3.61. The van der Waals surface area contributed by atoms with E-state index in [1.807, 2.05) is 18.2 Å². The first-order valence-corrected chi connectivity index (χ1v) is 10.2. The predicted octanol–water partition coefficient (Wildman–Crippen LogP) is 1.31. The van der Waals surface area contributed by atoms with Crippen molar-refractivity contribution in [2.24, 2.45) is 4.99 Å². The number of piperidine rings is 1. The van der Waals surface area contributed by atoms with Gasteiger partial charge in [-0.2, -0.15) is 0 Å². The Morgan fingerprint density at radius 2 is 1.96 bits per heavy atom. The van der Waals surface area contributed by atoms with Crippen LogP contribution in [-0.2, 0) is 16.1 Å². The van der Waals surface area contributed by atoms with Gasteiger partial charge in [0.25, 0.3) is 0 Å². The average Bonchev–Trinajstić information content (AvgIpc) is 2.70. The zero-order valence-electron chi connectivity index (χ0n) is 17.5. The van der Waals surface area contributed by atoms with Crippen LogP contribution in [0.2, 0.25) is 0 Å². The molecular weight excluding hydrogens is 354 g/mol. The molecule has 28 heavy (non-hydrogen) atoms. The van der Waals surface area contributed by atoms with Crippen LogP contribution in [0, 0.1) is 0 Å². The van der Waals surface area contributed by atoms with Crippen molar-refractivity contribution in [2.75, 3.05) is 53.4 Å². The van der Waals surface area contributed by atoms with Crippen LogP contribution < -0.4 is 10.6 Å². The summed E-state index contributed by atoms with van der Waals surface area (Å²) in [5.41, 5.74) is 1.18. The fourth-order valence-electron chi connectivity index (χ4n) is 3.07. The maximum atomic E-state index is 11.8. The molecule has 1 aliphatic rings. The van der Waals surface area contributed by atoms with Crippen LogP contribution in [0.15, 0.2) is 35.3 Å². The van der Waals surface area contributed by atoms with E-state index in [9.17, 15) is 4.79 Å². The summed E-state index contributed by atoms with van der Waals surface area (Å²) in [5.74, 6) is 1.01. The Kier molecular flexibility index (Phi) is 9.79. The zero-order chi connectivity index (χ0) is 20.2. The second kappa shape index (κ2) is 12.4. The Labute approximate surface area is 169 Å². The first-order chi connectivity index (χ1) is 13.6. The Bertz CT molecular complexity index is 598. The third-order valence-corrected chi connectivity index (χ3v) is 4.75. The Morgan fingerprint density at radius 1 is 1.25 bits per heavy atom. The van der Waals surface area contributed by atoms with Gasteiger partial charge in [-0.1, -0.05) is 30.3 Å². The van der Waals surface area contributed by atoms with E-state index >= 15 is 0 Å². The van der Waals surface area contributed by atoms with E-state index < -0.39 is 0 Å². The molecule has 0 saturated carbocycles. The van der Waals surface area contributed by atoms with Gasteiger partial charge in [0.2, 0.25) is 5.91 Å². The number of hydrogen-bond acceptors (Lipinski definition) is 4. The number of likely N-dealkylation sites (tertiary alicyclic amines) is 1. The summed E-state index contributed by atoms with van der Waals surface area (Å²) in [6, 6.07) is 10.6. The molecule has 7 heteroatoms. The molecule has 1 heterocycles. The highest BCUT2D eigenvalue weighted by atomic mass is 16.5. The van der Waals surface area contributed by atoms with Crippen molar-refractivity contribution < 1.29 is 9.53 Å². The second-order valence-corrected chi connectivity index (χ2v) is 7.28. The van der Waals surface area contributed by atoms with Crippen LogP contribution in [0.5, 0.6) is 0 Å². The fourth-order valence-corrected chi connectivity index (χ4v) is 3.07. The number of hydrogen-bond donors (Lipinski definition) is 2. The Morgan fingerprint density at radius 3 is 2.61 bits per heavy atom. The lowest BCUT2D eigenvalue weighted by atomic mass is 10.1. The zero-order valence-corrected chi connectivity index (χ0v) is 17.5. The van der Waals surface area contributed by atoms with Gasteiger partial charge in [0.05, 0.1) is 26.3 Å². The van der Waals surface area contributed by atoms with E-state index in [-0.39, 0.29) is 5.91 Å². The number of ether oxygens (including phenoxy) is 1. The summed E-state index contributed by atoms with van der Waals surface area (Å²) in [6.07, 6.45) is 2.02. The highest BCUT2D eigenvalue weighted by Gasteiger charge is 2.21. The van der Waals surface area contributed by atoms with Gasteiger partial charge in [-0.05, 0) is 25.3 Å². The molecule has 2 N–H and O–H groups in total. The molecule has 1 aromatic carbocycles. The first kappa shape index (κ1) is 22.2. The molecule has 156 valence electrons. The van der Waals surface area contributed by atoms with E-state index in [0.29, 0.717) is 32.3 Å². The molecule has 0 spiro atoms. The van der Waals surface area contributed by atoms with Crippen molar-refractivity contribution >= 4 is 11.9 Å².